The molecule has 3 aromatic carbocycles. The summed E-state index contributed by atoms with van der Waals surface area (Å²) in [6, 6.07) is 23.9. The van der Waals surface area contributed by atoms with Gasteiger partial charge in [0.2, 0.25) is 0 Å². The molecule has 4 nitrogen and oxygen atoms in total. The van der Waals surface area contributed by atoms with Crippen LogP contribution in [0.4, 0.5) is 10.1 Å². The molecule has 28 heavy (non-hydrogen) atoms. The van der Waals surface area contributed by atoms with Crippen LogP contribution in [-0.4, -0.2) is 24.4 Å². The Balaban J connectivity index is 1.75. The van der Waals surface area contributed by atoms with Crippen molar-refractivity contribution in [3.8, 4) is 0 Å². The molecule has 0 bridgehead atoms. The summed E-state index contributed by atoms with van der Waals surface area (Å²) in [5.74, 6) is -0.477. The van der Waals surface area contributed by atoms with E-state index in [4.69, 9.17) is 0 Å². The Kier molecular flexibility index (Phi) is 5.19. The number of rotatable bonds is 4. The summed E-state index contributed by atoms with van der Waals surface area (Å²) in [4.78, 5) is 4.62. The predicted octanol–water partition coefficient (Wildman–Crippen LogP) is 4.99. The molecule has 142 valence electrons. The molecule has 0 spiro atoms. The lowest BCUT2D eigenvalue weighted by molar-refractivity contribution is 0.529. The number of para-hydroxylation sites is 1. The number of hydrogen-bond donors (Lipinski definition) is 0. The second-order valence-electron chi connectivity index (χ2n) is 6.24. The van der Waals surface area contributed by atoms with Crippen LogP contribution >= 0.6 is 11.8 Å². The Morgan fingerprint density at radius 3 is 2.14 bits per heavy atom. The minimum absolute atomic E-state index is 0.0453. The number of hydrogen-bond acceptors (Lipinski definition) is 4. The number of amidine groups is 1. The minimum atomic E-state index is -3.85. The molecule has 1 aliphatic rings. The summed E-state index contributed by atoms with van der Waals surface area (Å²) in [5, 5.41) is 0.336. The summed E-state index contributed by atoms with van der Waals surface area (Å²) in [6.07, 6.45) is 0. The zero-order valence-corrected chi connectivity index (χ0v) is 16.4. The number of aliphatic imine (C=N–C) groups is 1. The van der Waals surface area contributed by atoms with Gasteiger partial charge < -0.3 is 0 Å². The van der Waals surface area contributed by atoms with Gasteiger partial charge in [-0.2, -0.15) is 0 Å². The largest absolute Gasteiger partial charge is 0.265 e. The average molecular weight is 413 g/mol. The van der Waals surface area contributed by atoms with Gasteiger partial charge in [0.25, 0.3) is 10.0 Å². The van der Waals surface area contributed by atoms with E-state index in [-0.39, 0.29) is 16.7 Å². The summed E-state index contributed by atoms with van der Waals surface area (Å²) >= 11 is 1.41. The maximum absolute atomic E-state index is 13.3. The van der Waals surface area contributed by atoms with E-state index in [1.165, 1.54) is 28.2 Å². The van der Waals surface area contributed by atoms with Crippen LogP contribution < -0.4 is 0 Å². The Morgan fingerprint density at radius 1 is 0.893 bits per heavy atom. The molecular formula is C21H17FN2O2S2. The first kappa shape index (κ1) is 18.7. The molecule has 7 heteroatoms. The molecule has 3 aromatic rings. The molecule has 0 N–H and O–H groups in total. The van der Waals surface area contributed by atoms with Crippen LogP contribution in [0, 0.1) is 5.82 Å². The van der Waals surface area contributed by atoms with E-state index in [0.717, 1.165) is 17.7 Å². The van der Waals surface area contributed by atoms with Crippen molar-refractivity contribution in [3.63, 3.8) is 0 Å². The topological polar surface area (TPSA) is 49.7 Å². The van der Waals surface area contributed by atoms with E-state index in [2.05, 4.69) is 4.99 Å². The van der Waals surface area contributed by atoms with Crippen LogP contribution in [-0.2, 0) is 10.0 Å². The fourth-order valence-electron chi connectivity index (χ4n) is 2.92. The highest BCUT2D eigenvalue weighted by Crippen LogP contribution is 2.41. The van der Waals surface area contributed by atoms with E-state index < -0.39 is 15.8 Å². The van der Waals surface area contributed by atoms with Crippen molar-refractivity contribution in [1.82, 2.24) is 4.31 Å². The molecule has 1 saturated heterocycles. The van der Waals surface area contributed by atoms with Crippen molar-refractivity contribution in [1.29, 1.82) is 0 Å². The van der Waals surface area contributed by atoms with Crippen LogP contribution in [0.5, 0.6) is 0 Å². The maximum atomic E-state index is 13.3. The number of thioether (sulfide) groups is 1. The van der Waals surface area contributed by atoms with Crippen molar-refractivity contribution in [2.24, 2.45) is 4.99 Å². The second kappa shape index (κ2) is 7.77. The van der Waals surface area contributed by atoms with Gasteiger partial charge in [-0.15, -0.1) is 0 Å². The zero-order valence-electron chi connectivity index (χ0n) is 14.8. The molecule has 1 heterocycles. The van der Waals surface area contributed by atoms with Crippen molar-refractivity contribution in [2.75, 3.05) is 6.54 Å². The van der Waals surface area contributed by atoms with Crippen LogP contribution in [0.15, 0.2) is 94.8 Å². The molecule has 0 radical (unpaired) electrons. The second-order valence-corrected chi connectivity index (χ2v) is 9.27. The van der Waals surface area contributed by atoms with Crippen molar-refractivity contribution in [3.05, 3.63) is 96.3 Å². The van der Waals surface area contributed by atoms with Crippen LogP contribution in [0.2, 0.25) is 0 Å². The maximum Gasteiger partial charge on any atom is 0.265 e. The Bertz CT molecular complexity index is 1090. The van der Waals surface area contributed by atoms with Crippen molar-refractivity contribution in [2.45, 2.75) is 10.1 Å². The molecule has 0 unspecified atom stereocenters. The van der Waals surface area contributed by atoms with Crippen LogP contribution in [0.1, 0.15) is 10.8 Å². The number of sulfonamides is 1. The van der Waals surface area contributed by atoms with Crippen LogP contribution in [0.25, 0.3) is 0 Å². The smallest absolute Gasteiger partial charge is 0.243 e. The molecule has 4 rings (SSSR count). The number of nitrogens with zero attached hydrogens (tertiary/aromatic N) is 2. The first-order valence-electron chi connectivity index (χ1n) is 8.68. The van der Waals surface area contributed by atoms with Gasteiger partial charge in [-0.1, -0.05) is 60.3 Å². The zero-order chi connectivity index (χ0) is 19.6. The fourth-order valence-corrected chi connectivity index (χ4v) is 5.89. The molecule has 1 aliphatic heterocycles. The van der Waals surface area contributed by atoms with Gasteiger partial charge in [-0.05, 0) is 42.0 Å². The highest BCUT2D eigenvalue weighted by atomic mass is 32.2. The highest BCUT2D eigenvalue weighted by Gasteiger charge is 2.38. The lowest BCUT2D eigenvalue weighted by Gasteiger charge is -2.18. The van der Waals surface area contributed by atoms with Crippen LogP contribution in [0.3, 0.4) is 0 Å². The normalized spacial score (nSPS) is 18.5. The lowest BCUT2D eigenvalue weighted by Crippen LogP contribution is -2.32. The van der Waals surface area contributed by atoms with Gasteiger partial charge in [0.05, 0.1) is 22.4 Å². The van der Waals surface area contributed by atoms with Crippen molar-refractivity contribution < 1.29 is 12.8 Å². The molecule has 1 atom stereocenters. The highest BCUT2D eigenvalue weighted by molar-refractivity contribution is 8.15. The van der Waals surface area contributed by atoms with Crippen molar-refractivity contribution >= 4 is 32.6 Å². The molecular weight excluding hydrogens is 395 g/mol. The average Bonchev–Trinajstić information content (AvgIpc) is 3.14. The first-order chi connectivity index (χ1) is 13.5. The number of benzene rings is 3. The van der Waals surface area contributed by atoms with Gasteiger partial charge in [0.15, 0.2) is 5.17 Å². The summed E-state index contributed by atoms with van der Waals surface area (Å²) in [6.45, 7) is 0.264. The third kappa shape index (κ3) is 3.81. The summed E-state index contributed by atoms with van der Waals surface area (Å²) in [5.41, 5.74) is 1.71. The predicted molar refractivity (Wildman–Crippen MR) is 111 cm³/mol. The lowest BCUT2D eigenvalue weighted by atomic mass is 10.1. The summed E-state index contributed by atoms with van der Waals surface area (Å²) < 4.78 is 41.0. The van der Waals surface area contributed by atoms with Gasteiger partial charge in [-0.3, -0.25) is 0 Å². The first-order valence-corrected chi connectivity index (χ1v) is 11.0. The molecule has 0 aliphatic carbocycles. The van der Waals surface area contributed by atoms with Gasteiger partial charge >= 0.3 is 0 Å². The van der Waals surface area contributed by atoms with E-state index in [9.17, 15) is 12.8 Å². The molecule has 0 amide bonds. The fraction of sp³-hybridized carbons (Fsp3) is 0.0952. The molecule has 0 aromatic heterocycles. The third-order valence-electron chi connectivity index (χ3n) is 4.35. The monoisotopic (exact) mass is 412 g/mol. The van der Waals surface area contributed by atoms with E-state index in [1.807, 2.05) is 60.7 Å². The minimum Gasteiger partial charge on any atom is -0.243 e. The Morgan fingerprint density at radius 2 is 1.50 bits per heavy atom. The van der Waals surface area contributed by atoms with E-state index in [0.29, 0.717) is 10.9 Å². The van der Waals surface area contributed by atoms with Gasteiger partial charge in [0.1, 0.15) is 5.82 Å². The molecule has 0 saturated carbocycles. The van der Waals surface area contributed by atoms with E-state index >= 15 is 0 Å². The summed E-state index contributed by atoms with van der Waals surface area (Å²) in [7, 11) is -3.85. The Hall–Kier alpha value is -2.64. The number of halogens is 1. The Labute approximate surface area is 167 Å². The van der Waals surface area contributed by atoms with Gasteiger partial charge in [0, 0.05) is 0 Å². The van der Waals surface area contributed by atoms with Gasteiger partial charge in [-0.25, -0.2) is 22.1 Å². The van der Waals surface area contributed by atoms with E-state index in [1.54, 1.807) is 0 Å². The molecule has 1 fully saturated rings. The quantitative estimate of drug-likeness (QED) is 0.606. The standard InChI is InChI=1S/C21H17FN2O2S2/c22-17-11-13-19(14-12-17)28(25,26)24-15-20(16-7-3-1-4-8-16)27-21(24)23-18-9-5-2-6-10-18/h1-14,20H,15H2/t20-/m1/s1. The SMILES string of the molecule is O=S(=O)(c1ccc(F)cc1)N1C[C@H](c2ccccc2)SC1=Nc1ccccc1. The third-order valence-corrected chi connectivity index (χ3v) is 7.46.